The summed E-state index contributed by atoms with van der Waals surface area (Å²) in [5.41, 5.74) is 7.33. The number of esters is 2. The predicted octanol–water partition coefficient (Wildman–Crippen LogP) is 3.15. The van der Waals surface area contributed by atoms with Crippen molar-refractivity contribution < 1.29 is 42.7 Å². The Morgan fingerprint density at radius 1 is 0.615 bits per heavy atom. The standard InChI is InChI=1S/C26H50N4O9/c1-25(2,3)38-23(31)7-13-33-19-21-36-17-11-30(10-16-35-15-9-28-29-27)12-18-37-22-20-34-14-8-24(32)39-26(4,5)6/h7-22H2,1-6H3. The van der Waals surface area contributed by atoms with Crippen molar-refractivity contribution >= 4 is 11.9 Å². The largest absolute Gasteiger partial charge is 0.460 e. The second kappa shape index (κ2) is 22.8. The van der Waals surface area contributed by atoms with Crippen LogP contribution in [0.25, 0.3) is 10.4 Å². The number of ether oxygens (including phenoxy) is 7. The van der Waals surface area contributed by atoms with Crippen LogP contribution >= 0.6 is 0 Å². The molecule has 0 amide bonds. The predicted molar refractivity (Wildman–Crippen MR) is 145 cm³/mol. The first kappa shape index (κ1) is 37.0. The second-order valence-electron chi connectivity index (χ2n) is 10.5. The van der Waals surface area contributed by atoms with Crippen LogP contribution in [0.5, 0.6) is 0 Å². The first-order valence-corrected chi connectivity index (χ1v) is 13.5. The smallest absolute Gasteiger partial charge is 0.308 e. The van der Waals surface area contributed by atoms with Gasteiger partial charge in [0.25, 0.3) is 0 Å². The molecule has 0 fully saturated rings. The van der Waals surface area contributed by atoms with Crippen LogP contribution in [0.2, 0.25) is 0 Å². The van der Waals surface area contributed by atoms with Crippen molar-refractivity contribution in [3.63, 3.8) is 0 Å². The van der Waals surface area contributed by atoms with Gasteiger partial charge in [-0.25, -0.2) is 0 Å². The summed E-state index contributed by atoms with van der Waals surface area (Å²) in [6.45, 7) is 17.4. The lowest BCUT2D eigenvalue weighted by molar-refractivity contribution is -0.157. The Bertz CT molecular complexity index is 646. The third-order valence-corrected chi connectivity index (χ3v) is 4.54. The van der Waals surface area contributed by atoms with E-state index in [1.54, 1.807) is 0 Å². The van der Waals surface area contributed by atoms with E-state index in [9.17, 15) is 9.59 Å². The molecule has 0 saturated carbocycles. The number of hydrogen-bond acceptors (Lipinski definition) is 11. The molecule has 0 N–H and O–H groups in total. The Kier molecular flexibility index (Phi) is 21.6. The average Bonchev–Trinajstić information content (AvgIpc) is 2.81. The van der Waals surface area contributed by atoms with Crippen molar-refractivity contribution in [2.45, 2.75) is 65.6 Å². The minimum atomic E-state index is -0.496. The number of rotatable bonds is 24. The van der Waals surface area contributed by atoms with Gasteiger partial charge in [0.1, 0.15) is 11.2 Å². The molecule has 0 aliphatic carbocycles. The van der Waals surface area contributed by atoms with Gasteiger partial charge >= 0.3 is 11.9 Å². The Balaban J connectivity index is 4.03. The lowest BCUT2D eigenvalue weighted by atomic mass is 10.2. The number of carbonyl (C=O) groups is 2. The molecule has 0 heterocycles. The Hall–Kier alpha value is -1.99. The molecule has 0 radical (unpaired) electrons. The second-order valence-corrected chi connectivity index (χ2v) is 10.5. The number of nitrogens with zero attached hydrogens (tertiary/aromatic N) is 4. The van der Waals surface area contributed by atoms with Crippen LogP contribution in [0.1, 0.15) is 54.4 Å². The average molecular weight is 563 g/mol. The van der Waals surface area contributed by atoms with Crippen LogP contribution < -0.4 is 0 Å². The van der Waals surface area contributed by atoms with Crippen molar-refractivity contribution in [1.82, 2.24) is 4.90 Å². The molecule has 0 spiro atoms. The fraction of sp³-hybridized carbons (Fsp3) is 0.923. The molecule has 0 aromatic carbocycles. The molecule has 0 atom stereocenters. The molecule has 228 valence electrons. The SMILES string of the molecule is CC(C)(C)OC(=O)CCOCCOCCN(CCOCCN=[N+]=[N-])CCOCCOCCC(=O)OC(C)(C)C. The Labute approximate surface area is 233 Å². The molecule has 0 aromatic heterocycles. The summed E-state index contributed by atoms with van der Waals surface area (Å²) in [6.07, 6.45) is 0.416. The molecule has 39 heavy (non-hydrogen) atoms. The highest BCUT2D eigenvalue weighted by Crippen LogP contribution is 2.09. The van der Waals surface area contributed by atoms with E-state index in [2.05, 4.69) is 14.9 Å². The van der Waals surface area contributed by atoms with Crippen molar-refractivity contribution in [2.24, 2.45) is 5.11 Å². The minimum Gasteiger partial charge on any atom is -0.460 e. The van der Waals surface area contributed by atoms with Gasteiger partial charge in [0, 0.05) is 31.1 Å². The van der Waals surface area contributed by atoms with E-state index in [0.29, 0.717) is 92.2 Å². The molecule has 0 aliphatic rings. The summed E-state index contributed by atoms with van der Waals surface area (Å²) < 4.78 is 38.2. The Morgan fingerprint density at radius 2 is 0.974 bits per heavy atom. The van der Waals surface area contributed by atoms with Crippen molar-refractivity contribution in [1.29, 1.82) is 0 Å². The van der Waals surface area contributed by atoms with E-state index in [4.69, 9.17) is 38.7 Å². The number of azide groups is 1. The van der Waals surface area contributed by atoms with Gasteiger partial charge in [0.2, 0.25) is 0 Å². The summed E-state index contributed by atoms with van der Waals surface area (Å²) in [4.78, 5) is 28.2. The van der Waals surface area contributed by atoms with E-state index in [1.165, 1.54) is 0 Å². The van der Waals surface area contributed by atoms with E-state index in [0.717, 1.165) is 0 Å². The van der Waals surface area contributed by atoms with Crippen molar-refractivity contribution in [2.75, 3.05) is 92.2 Å². The van der Waals surface area contributed by atoms with E-state index in [1.807, 2.05) is 41.5 Å². The van der Waals surface area contributed by atoms with Crippen LogP contribution in [0.15, 0.2) is 5.11 Å². The third-order valence-electron chi connectivity index (χ3n) is 4.54. The highest BCUT2D eigenvalue weighted by Gasteiger charge is 2.16. The first-order valence-electron chi connectivity index (χ1n) is 13.5. The monoisotopic (exact) mass is 562 g/mol. The van der Waals surface area contributed by atoms with Crippen molar-refractivity contribution in [3.8, 4) is 0 Å². The van der Waals surface area contributed by atoms with Crippen LogP contribution in [0, 0.1) is 0 Å². The van der Waals surface area contributed by atoms with Gasteiger partial charge in [-0.3, -0.25) is 14.5 Å². The van der Waals surface area contributed by atoms with E-state index >= 15 is 0 Å². The maximum Gasteiger partial charge on any atom is 0.308 e. The van der Waals surface area contributed by atoms with Gasteiger partial charge in [-0.2, -0.15) is 0 Å². The van der Waals surface area contributed by atoms with E-state index < -0.39 is 11.2 Å². The lowest BCUT2D eigenvalue weighted by Crippen LogP contribution is -2.34. The van der Waals surface area contributed by atoms with Gasteiger partial charge in [-0.15, -0.1) is 0 Å². The molecule has 0 aliphatic heterocycles. The number of hydrogen-bond donors (Lipinski definition) is 0. The van der Waals surface area contributed by atoms with Crippen molar-refractivity contribution in [3.05, 3.63) is 10.4 Å². The molecule has 0 unspecified atom stereocenters. The van der Waals surface area contributed by atoms with Gasteiger partial charge in [-0.05, 0) is 47.1 Å². The molecule has 0 aromatic rings. The van der Waals surface area contributed by atoms with Gasteiger partial charge < -0.3 is 33.2 Å². The summed E-state index contributed by atoms with van der Waals surface area (Å²) in [6, 6.07) is 0. The molecular formula is C26H50N4O9. The summed E-state index contributed by atoms with van der Waals surface area (Å²) in [7, 11) is 0. The number of carbonyl (C=O) groups excluding carboxylic acids is 2. The van der Waals surface area contributed by atoms with Gasteiger partial charge in [0.05, 0.1) is 78.9 Å². The summed E-state index contributed by atoms with van der Waals surface area (Å²) >= 11 is 0. The maximum absolute atomic E-state index is 11.7. The van der Waals surface area contributed by atoms with E-state index in [-0.39, 0.29) is 24.8 Å². The summed E-state index contributed by atoms with van der Waals surface area (Å²) in [5.74, 6) is -0.564. The van der Waals surface area contributed by atoms with Gasteiger partial charge in [0.15, 0.2) is 0 Å². The quantitative estimate of drug-likeness (QED) is 0.0564. The summed E-state index contributed by atoms with van der Waals surface area (Å²) in [5, 5.41) is 3.45. The molecule has 0 rings (SSSR count). The minimum absolute atomic E-state index is 0.208. The van der Waals surface area contributed by atoms with Crippen LogP contribution in [0.3, 0.4) is 0 Å². The topological polar surface area (TPSA) is 151 Å². The molecule has 0 bridgehead atoms. The molecule has 0 saturated heterocycles. The normalized spacial score (nSPS) is 11.9. The first-order chi connectivity index (χ1) is 18.4. The fourth-order valence-electron chi connectivity index (χ4n) is 2.91. The van der Waals surface area contributed by atoms with Gasteiger partial charge in [-0.1, -0.05) is 5.11 Å². The highest BCUT2D eigenvalue weighted by molar-refractivity contribution is 5.70. The molecular weight excluding hydrogens is 512 g/mol. The van der Waals surface area contributed by atoms with Crippen LogP contribution in [0.4, 0.5) is 0 Å². The zero-order chi connectivity index (χ0) is 29.4. The maximum atomic E-state index is 11.7. The zero-order valence-electron chi connectivity index (χ0n) is 24.8. The lowest BCUT2D eigenvalue weighted by Gasteiger charge is -2.22. The fourth-order valence-corrected chi connectivity index (χ4v) is 2.91. The third kappa shape index (κ3) is 28.8. The molecule has 13 nitrogen and oxygen atoms in total. The molecule has 13 heteroatoms. The Morgan fingerprint density at radius 3 is 1.33 bits per heavy atom. The van der Waals surface area contributed by atoms with Crippen LogP contribution in [-0.2, 0) is 42.7 Å². The zero-order valence-corrected chi connectivity index (χ0v) is 24.8. The highest BCUT2D eigenvalue weighted by atomic mass is 16.6. The van der Waals surface area contributed by atoms with Crippen LogP contribution in [-0.4, -0.2) is 120 Å².